The van der Waals surface area contributed by atoms with Gasteiger partial charge in [0.15, 0.2) is 0 Å². The number of aliphatic hydroxyl groups is 1. The molecule has 0 heterocycles. The fourth-order valence-corrected chi connectivity index (χ4v) is 1.13. The lowest BCUT2D eigenvalue weighted by Crippen LogP contribution is -2.19. The molecule has 1 N–H and O–H groups in total. The third-order valence-corrected chi connectivity index (χ3v) is 1.60. The predicted molar refractivity (Wildman–Crippen MR) is 40.6 cm³/mol. The van der Waals surface area contributed by atoms with Gasteiger partial charge < -0.3 is 5.11 Å². The van der Waals surface area contributed by atoms with Crippen molar-refractivity contribution in [3.05, 3.63) is 34.7 Å². The van der Waals surface area contributed by atoms with Crippen molar-refractivity contribution in [2.24, 2.45) is 0 Å². The van der Waals surface area contributed by atoms with Crippen LogP contribution in [0.15, 0.2) is 24.3 Å². The van der Waals surface area contributed by atoms with Crippen LogP contribution < -0.4 is 10.4 Å². The van der Waals surface area contributed by atoms with E-state index in [1.807, 2.05) is 24.3 Å². The van der Waals surface area contributed by atoms with E-state index in [2.05, 4.69) is 0 Å². The predicted octanol–water partition coefficient (Wildman–Crippen LogP) is -0.378. The van der Waals surface area contributed by atoms with E-state index in [4.69, 9.17) is 1.37 Å². The first-order chi connectivity index (χ1) is 5.17. The molecule has 0 aliphatic heterocycles. The summed E-state index contributed by atoms with van der Waals surface area (Å²) in [6, 6.07) is 7.56. The summed E-state index contributed by atoms with van der Waals surface area (Å²) < 4.78 is 7.32. The van der Waals surface area contributed by atoms with Gasteiger partial charge in [-0.3, -0.25) is 0 Å². The molecule has 0 amide bonds. The summed E-state index contributed by atoms with van der Waals surface area (Å²) in [6.45, 7) is 0. The van der Waals surface area contributed by atoms with E-state index >= 15 is 0 Å². The van der Waals surface area contributed by atoms with Gasteiger partial charge in [0.2, 0.25) is 0 Å². The molecule has 1 aliphatic carbocycles. The first kappa shape index (κ1) is 4.69. The molecule has 0 spiro atoms. The van der Waals surface area contributed by atoms with E-state index in [1.165, 1.54) is 12.2 Å². The summed E-state index contributed by atoms with van der Waals surface area (Å²) in [5.74, 6) is 0. The van der Waals surface area contributed by atoms with Gasteiger partial charge in [0.1, 0.15) is 0 Å². The number of benzene rings is 1. The number of hydrogen-bond acceptors (Lipinski definition) is 1. The quantitative estimate of drug-likeness (QED) is 0.511. The van der Waals surface area contributed by atoms with Gasteiger partial charge in [-0.1, -0.05) is 24.3 Å². The summed E-state index contributed by atoms with van der Waals surface area (Å²) in [6.07, 6.45) is 1.56. The summed E-state index contributed by atoms with van der Waals surface area (Å²) >= 11 is 0. The van der Waals surface area contributed by atoms with Crippen molar-refractivity contribution in [3.8, 4) is 0 Å². The Morgan fingerprint density at radius 3 is 2.20 bits per heavy atom. The molecule has 0 saturated carbocycles. The molecule has 1 heteroatoms. The third kappa shape index (κ3) is 0.755. The Morgan fingerprint density at radius 2 is 1.70 bits per heavy atom. The van der Waals surface area contributed by atoms with Crippen molar-refractivity contribution in [2.45, 2.75) is 6.08 Å². The van der Waals surface area contributed by atoms with Crippen LogP contribution >= 0.6 is 0 Å². The van der Waals surface area contributed by atoms with E-state index < -0.39 is 6.08 Å². The molecule has 0 radical (unpaired) electrons. The van der Waals surface area contributed by atoms with E-state index in [0.29, 0.717) is 0 Å². The average molecular weight is 133 g/mol. The van der Waals surface area contributed by atoms with Gasteiger partial charge in [0.05, 0.1) is 7.45 Å². The van der Waals surface area contributed by atoms with Crippen LogP contribution in [0.25, 0.3) is 12.2 Å². The average Bonchev–Trinajstić information content (AvgIpc) is 2.21. The van der Waals surface area contributed by atoms with Crippen molar-refractivity contribution in [2.75, 3.05) is 0 Å². The molecule has 2 rings (SSSR count). The molecule has 0 atom stereocenters. The second-order valence-corrected chi connectivity index (χ2v) is 2.34. The van der Waals surface area contributed by atoms with Crippen molar-refractivity contribution < 1.29 is 6.48 Å². The summed E-state index contributed by atoms with van der Waals surface area (Å²) in [5, 5.41) is 11.1. The second-order valence-electron chi connectivity index (χ2n) is 2.34. The minimum absolute atomic E-state index is 0.935. The van der Waals surface area contributed by atoms with Gasteiger partial charge in [-0.25, -0.2) is 0 Å². The standard InChI is InChI=1S/C9H8O/c10-9-5-7-3-1-2-4-8(7)6-9/h1-6,9-10H/i9D. The highest BCUT2D eigenvalue weighted by Gasteiger charge is 1.99. The molecule has 10 heavy (non-hydrogen) atoms. The van der Waals surface area contributed by atoms with Crippen LogP contribution in [-0.2, 0) is 0 Å². The van der Waals surface area contributed by atoms with Gasteiger partial charge in [-0.15, -0.1) is 0 Å². The van der Waals surface area contributed by atoms with Crippen LogP contribution in [0.1, 0.15) is 1.37 Å². The topological polar surface area (TPSA) is 20.2 Å². The molecule has 1 aromatic rings. The van der Waals surface area contributed by atoms with Crippen molar-refractivity contribution in [1.29, 1.82) is 0 Å². The Morgan fingerprint density at radius 1 is 1.20 bits per heavy atom. The van der Waals surface area contributed by atoms with E-state index in [9.17, 15) is 5.11 Å². The normalized spacial score (nSPS) is 20.3. The zero-order valence-corrected chi connectivity index (χ0v) is 5.41. The molecular weight excluding hydrogens is 124 g/mol. The monoisotopic (exact) mass is 133 g/mol. The maximum atomic E-state index is 9.27. The van der Waals surface area contributed by atoms with Crippen molar-refractivity contribution in [3.63, 3.8) is 0 Å². The molecule has 0 saturated heterocycles. The minimum Gasteiger partial charge on any atom is -0.385 e. The van der Waals surface area contributed by atoms with Gasteiger partial charge in [0, 0.05) is 0 Å². The van der Waals surface area contributed by atoms with E-state index in [0.717, 1.165) is 10.4 Å². The second kappa shape index (κ2) is 1.96. The van der Waals surface area contributed by atoms with Crippen LogP contribution in [0.3, 0.4) is 0 Å². The zero-order valence-electron chi connectivity index (χ0n) is 6.41. The number of hydrogen-bond donors (Lipinski definition) is 1. The summed E-state index contributed by atoms with van der Waals surface area (Å²) in [7, 11) is 0. The van der Waals surface area contributed by atoms with Crippen LogP contribution in [0, 0.1) is 0 Å². The van der Waals surface area contributed by atoms with Crippen LogP contribution in [0.4, 0.5) is 0 Å². The van der Waals surface area contributed by atoms with Crippen LogP contribution in [0.2, 0.25) is 0 Å². The fraction of sp³-hybridized carbons (Fsp3) is 0.111. The maximum Gasteiger partial charge on any atom is 0.0920 e. The third-order valence-electron chi connectivity index (χ3n) is 1.60. The highest BCUT2D eigenvalue weighted by atomic mass is 16.3. The Kier molecular flexibility index (Phi) is 0.918. The van der Waals surface area contributed by atoms with Gasteiger partial charge in [0.25, 0.3) is 0 Å². The molecule has 0 fully saturated rings. The van der Waals surface area contributed by atoms with Gasteiger partial charge in [-0.05, 0) is 22.6 Å². The Balaban J connectivity index is 2.81. The lowest BCUT2D eigenvalue weighted by atomic mass is 10.3. The van der Waals surface area contributed by atoms with E-state index in [1.54, 1.807) is 0 Å². The smallest absolute Gasteiger partial charge is 0.0920 e. The lowest BCUT2D eigenvalue weighted by Gasteiger charge is -1.85. The van der Waals surface area contributed by atoms with Gasteiger partial charge >= 0.3 is 0 Å². The maximum absolute atomic E-state index is 9.27. The van der Waals surface area contributed by atoms with Crippen LogP contribution in [0.5, 0.6) is 0 Å². The highest BCUT2D eigenvalue weighted by molar-refractivity contribution is 5.52. The molecule has 1 aromatic carbocycles. The molecular formula is C9H8O. The summed E-state index contributed by atoms with van der Waals surface area (Å²) in [4.78, 5) is 0. The zero-order chi connectivity index (χ0) is 7.90. The number of fused-ring (bicyclic) bond motifs is 1. The van der Waals surface area contributed by atoms with Crippen molar-refractivity contribution >= 4 is 12.2 Å². The Labute approximate surface area is 60.3 Å². The SMILES string of the molecule is [2H]C1(O)C=c2ccccc2=C1. The largest absolute Gasteiger partial charge is 0.385 e. The molecule has 0 bridgehead atoms. The molecule has 50 valence electrons. The van der Waals surface area contributed by atoms with E-state index in [-0.39, 0.29) is 0 Å². The Bertz CT molecular complexity index is 355. The molecule has 0 aromatic heterocycles. The van der Waals surface area contributed by atoms with Gasteiger partial charge in [-0.2, -0.15) is 0 Å². The number of rotatable bonds is 0. The first-order valence-electron chi connectivity index (χ1n) is 3.71. The highest BCUT2D eigenvalue weighted by Crippen LogP contribution is 1.90. The summed E-state index contributed by atoms with van der Waals surface area (Å²) in [5.41, 5.74) is 0. The fourth-order valence-electron chi connectivity index (χ4n) is 1.13. The lowest BCUT2D eigenvalue weighted by molar-refractivity contribution is 0.301. The first-order valence-corrected chi connectivity index (χ1v) is 3.21. The van der Waals surface area contributed by atoms with Crippen LogP contribution in [-0.4, -0.2) is 11.2 Å². The molecule has 1 aliphatic rings. The minimum atomic E-state index is -1.50. The Hall–Kier alpha value is -1.08. The van der Waals surface area contributed by atoms with Crippen molar-refractivity contribution in [1.82, 2.24) is 0 Å². The molecule has 0 unspecified atom stereocenters. The molecule has 1 nitrogen and oxygen atoms in total.